The molecule has 2 aliphatic rings. The number of anilines is 1. The van der Waals surface area contributed by atoms with Crippen LogP contribution in [-0.4, -0.2) is 52.7 Å². The van der Waals surface area contributed by atoms with E-state index in [9.17, 15) is 19.5 Å². The van der Waals surface area contributed by atoms with Crippen molar-refractivity contribution in [3.8, 4) is 11.1 Å². The van der Waals surface area contributed by atoms with Gasteiger partial charge in [-0.05, 0) is 47.2 Å². The normalized spacial score (nSPS) is 16.8. The fourth-order valence-corrected chi connectivity index (χ4v) is 4.89. The predicted molar refractivity (Wildman–Crippen MR) is 129 cm³/mol. The SMILES string of the molecule is O=C(Nc1cccc(C(=O)N2CCCC(C(=O)O)C2)n1)OCC1c2ccccc2-c2ccccc21. The lowest BCUT2D eigenvalue weighted by molar-refractivity contribution is -0.143. The molecule has 1 atom stereocenters. The largest absolute Gasteiger partial charge is 0.481 e. The summed E-state index contributed by atoms with van der Waals surface area (Å²) in [6, 6.07) is 20.9. The number of hydrogen-bond acceptors (Lipinski definition) is 5. The second-order valence-electron chi connectivity index (χ2n) is 8.79. The predicted octanol–water partition coefficient (Wildman–Crippen LogP) is 4.38. The van der Waals surface area contributed by atoms with Crippen LogP contribution in [0, 0.1) is 5.92 Å². The number of ether oxygens (including phenoxy) is 1. The first-order valence-corrected chi connectivity index (χ1v) is 11.6. The standard InChI is InChI=1S/C27H25N3O5/c31-25(30-14-6-7-17(15-30)26(32)33)23-12-5-13-24(28-23)29-27(34)35-16-22-20-10-3-1-8-18(20)19-9-2-4-11-21(19)22/h1-5,8-13,17,22H,6-7,14-16H2,(H,32,33)(H,28,29,34). The lowest BCUT2D eigenvalue weighted by Gasteiger charge is -2.30. The maximum absolute atomic E-state index is 12.9. The zero-order valence-electron chi connectivity index (χ0n) is 19.0. The lowest BCUT2D eigenvalue weighted by atomic mass is 9.98. The molecule has 1 fully saturated rings. The Bertz CT molecular complexity index is 1250. The van der Waals surface area contributed by atoms with E-state index in [1.807, 2.05) is 36.4 Å². The summed E-state index contributed by atoms with van der Waals surface area (Å²) in [5.41, 5.74) is 4.68. The van der Waals surface area contributed by atoms with Crippen molar-refractivity contribution in [3.63, 3.8) is 0 Å². The molecule has 5 rings (SSSR count). The van der Waals surface area contributed by atoms with Gasteiger partial charge in [0.05, 0.1) is 5.92 Å². The van der Waals surface area contributed by atoms with Gasteiger partial charge in [0.25, 0.3) is 5.91 Å². The maximum atomic E-state index is 12.9. The highest BCUT2D eigenvalue weighted by molar-refractivity contribution is 5.93. The van der Waals surface area contributed by atoms with Crippen molar-refractivity contribution in [3.05, 3.63) is 83.6 Å². The van der Waals surface area contributed by atoms with Crippen LogP contribution in [0.1, 0.15) is 40.4 Å². The molecule has 2 amide bonds. The van der Waals surface area contributed by atoms with Gasteiger partial charge in [0, 0.05) is 19.0 Å². The molecule has 1 aliphatic heterocycles. The second-order valence-corrected chi connectivity index (χ2v) is 8.79. The van der Waals surface area contributed by atoms with E-state index in [1.54, 1.807) is 18.2 Å². The van der Waals surface area contributed by atoms with Gasteiger partial charge in [-0.1, -0.05) is 54.6 Å². The first kappa shape index (κ1) is 22.6. The third kappa shape index (κ3) is 4.59. The summed E-state index contributed by atoms with van der Waals surface area (Å²) in [6.07, 6.45) is 0.518. The number of hydrogen-bond donors (Lipinski definition) is 2. The number of rotatable bonds is 5. The summed E-state index contributed by atoms with van der Waals surface area (Å²) in [5, 5.41) is 11.9. The molecule has 0 radical (unpaired) electrons. The molecule has 3 aromatic rings. The van der Waals surface area contributed by atoms with Gasteiger partial charge in [0.2, 0.25) is 0 Å². The third-order valence-electron chi connectivity index (χ3n) is 6.60. The molecule has 0 spiro atoms. The molecule has 178 valence electrons. The number of nitrogens with one attached hydrogen (secondary N) is 1. The monoisotopic (exact) mass is 471 g/mol. The van der Waals surface area contributed by atoms with Crippen molar-refractivity contribution in [2.24, 2.45) is 5.92 Å². The first-order valence-electron chi connectivity index (χ1n) is 11.6. The molecule has 1 saturated heterocycles. The Hall–Kier alpha value is -4.20. The highest BCUT2D eigenvalue weighted by Gasteiger charge is 2.30. The number of fused-ring (bicyclic) bond motifs is 3. The summed E-state index contributed by atoms with van der Waals surface area (Å²) in [6.45, 7) is 0.803. The minimum atomic E-state index is -0.902. The molecule has 1 aliphatic carbocycles. The minimum absolute atomic E-state index is 0.0599. The van der Waals surface area contributed by atoms with Gasteiger partial charge in [-0.25, -0.2) is 9.78 Å². The number of amides is 2. The van der Waals surface area contributed by atoms with Gasteiger partial charge in [0.1, 0.15) is 18.1 Å². The average Bonchev–Trinajstić information content (AvgIpc) is 3.21. The van der Waals surface area contributed by atoms with Gasteiger partial charge in [0.15, 0.2) is 0 Å². The van der Waals surface area contributed by atoms with Crippen molar-refractivity contribution in [1.29, 1.82) is 0 Å². The molecular formula is C27H25N3O5. The number of aliphatic carboxylic acids is 1. The van der Waals surface area contributed by atoms with Crippen LogP contribution < -0.4 is 5.32 Å². The molecule has 1 unspecified atom stereocenters. The number of likely N-dealkylation sites (tertiary alicyclic amines) is 1. The third-order valence-corrected chi connectivity index (χ3v) is 6.60. The Labute approximate surface area is 202 Å². The van der Waals surface area contributed by atoms with E-state index >= 15 is 0 Å². The van der Waals surface area contributed by atoms with Crippen LogP contribution in [0.25, 0.3) is 11.1 Å². The number of carbonyl (C=O) groups excluding carboxylic acids is 2. The number of benzene rings is 2. The Balaban J connectivity index is 1.23. The summed E-state index contributed by atoms with van der Waals surface area (Å²) in [7, 11) is 0. The molecule has 8 heteroatoms. The van der Waals surface area contributed by atoms with Crippen molar-refractivity contribution in [1.82, 2.24) is 9.88 Å². The van der Waals surface area contributed by atoms with Gasteiger partial charge in [-0.2, -0.15) is 0 Å². The maximum Gasteiger partial charge on any atom is 0.412 e. The van der Waals surface area contributed by atoms with Gasteiger partial charge in [-0.3, -0.25) is 14.9 Å². The van der Waals surface area contributed by atoms with E-state index in [1.165, 1.54) is 4.90 Å². The van der Waals surface area contributed by atoms with Crippen LogP contribution in [0.2, 0.25) is 0 Å². The Morgan fingerprint density at radius 2 is 1.66 bits per heavy atom. The van der Waals surface area contributed by atoms with E-state index in [0.717, 1.165) is 22.3 Å². The molecule has 0 bridgehead atoms. The van der Waals surface area contributed by atoms with Crippen molar-refractivity contribution in [2.75, 3.05) is 25.0 Å². The number of pyridine rings is 1. The van der Waals surface area contributed by atoms with Crippen LogP contribution >= 0.6 is 0 Å². The molecule has 8 nitrogen and oxygen atoms in total. The van der Waals surface area contributed by atoms with Gasteiger partial charge >= 0.3 is 12.1 Å². The van der Waals surface area contributed by atoms with Crippen molar-refractivity contribution in [2.45, 2.75) is 18.8 Å². The van der Waals surface area contributed by atoms with Crippen LogP contribution in [0.4, 0.5) is 10.6 Å². The lowest BCUT2D eigenvalue weighted by Crippen LogP contribution is -2.42. The minimum Gasteiger partial charge on any atom is -0.481 e. The number of carbonyl (C=O) groups is 3. The average molecular weight is 472 g/mol. The Morgan fingerprint density at radius 3 is 2.34 bits per heavy atom. The number of carboxylic acid groups (broad SMARTS) is 1. The molecule has 1 aromatic heterocycles. The molecular weight excluding hydrogens is 446 g/mol. The topological polar surface area (TPSA) is 109 Å². The van der Waals surface area contributed by atoms with Crippen molar-refractivity contribution < 1.29 is 24.2 Å². The van der Waals surface area contributed by atoms with E-state index in [0.29, 0.717) is 19.4 Å². The van der Waals surface area contributed by atoms with E-state index in [-0.39, 0.29) is 36.5 Å². The van der Waals surface area contributed by atoms with E-state index < -0.39 is 18.0 Å². The summed E-state index contributed by atoms with van der Waals surface area (Å²) in [4.78, 5) is 42.5. The zero-order valence-corrected chi connectivity index (χ0v) is 19.0. The van der Waals surface area contributed by atoms with Gasteiger partial charge in [-0.15, -0.1) is 0 Å². The highest BCUT2D eigenvalue weighted by atomic mass is 16.5. The van der Waals surface area contributed by atoms with E-state index in [2.05, 4.69) is 22.4 Å². The molecule has 0 saturated carbocycles. The number of carboxylic acids is 1. The smallest absolute Gasteiger partial charge is 0.412 e. The summed E-state index contributed by atoms with van der Waals surface area (Å²) >= 11 is 0. The van der Waals surface area contributed by atoms with Crippen LogP contribution in [-0.2, 0) is 9.53 Å². The zero-order chi connectivity index (χ0) is 24.4. The fourth-order valence-electron chi connectivity index (χ4n) is 4.89. The first-order chi connectivity index (χ1) is 17.0. The molecule has 2 heterocycles. The summed E-state index contributed by atoms with van der Waals surface area (Å²) in [5.74, 6) is -1.70. The second kappa shape index (κ2) is 9.58. The number of nitrogens with zero attached hydrogens (tertiary/aromatic N) is 2. The van der Waals surface area contributed by atoms with Crippen LogP contribution in [0.3, 0.4) is 0 Å². The Kier molecular flexibility index (Phi) is 6.18. The van der Waals surface area contributed by atoms with Crippen LogP contribution in [0.15, 0.2) is 66.7 Å². The number of piperidine rings is 1. The Morgan fingerprint density at radius 1 is 0.971 bits per heavy atom. The molecule has 2 aromatic carbocycles. The highest BCUT2D eigenvalue weighted by Crippen LogP contribution is 2.44. The summed E-state index contributed by atoms with van der Waals surface area (Å²) < 4.78 is 5.55. The molecule has 35 heavy (non-hydrogen) atoms. The number of aromatic nitrogens is 1. The fraction of sp³-hybridized carbons (Fsp3) is 0.259. The van der Waals surface area contributed by atoms with Gasteiger partial charge < -0.3 is 14.7 Å². The quantitative estimate of drug-likeness (QED) is 0.572. The van der Waals surface area contributed by atoms with Crippen molar-refractivity contribution >= 4 is 23.8 Å². The molecule has 2 N–H and O–H groups in total. The van der Waals surface area contributed by atoms with Crippen LogP contribution in [0.5, 0.6) is 0 Å². The van der Waals surface area contributed by atoms with E-state index in [4.69, 9.17) is 4.74 Å².